The van der Waals surface area contributed by atoms with Gasteiger partial charge in [0.25, 0.3) is 5.91 Å². The molecule has 3 heterocycles. The molecule has 1 aromatic heterocycles. The van der Waals surface area contributed by atoms with Crippen LogP contribution in [0.1, 0.15) is 60.9 Å². The van der Waals surface area contributed by atoms with Gasteiger partial charge in [-0.15, -0.1) is 0 Å². The molecule has 1 atom stereocenters. The lowest BCUT2D eigenvalue weighted by molar-refractivity contribution is -0.256. The molecule has 0 bridgehead atoms. The zero-order valence-corrected chi connectivity index (χ0v) is 27.2. The largest absolute Gasteiger partial charge is 0.481 e. The van der Waals surface area contributed by atoms with Crippen molar-refractivity contribution in [3.63, 3.8) is 0 Å². The van der Waals surface area contributed by atoms with Gasteiger partial charge in [-0.3, -0.25) is 24.2 Å². The first-order valence-electron chi connectivity index (χ1n) is 16.0. The van der Waals surface area contributed by atoms with Crippen LogP contribution in [0.5, 0.6) is 0 Å². The number of ketones is 1. The van der Waals surface area contributed by atoms with Crippen LogP contribution in [0.25, 0.3) is 11.0 Å². The average molecular weight is 673 g/mol. The van der Waals surface area contributed by atoms with Gasteiger partial charge in [0.2, 0.25) is 5.85 Å². The van der Waals surface area contributed by atoms with E-state index < -0.39 is 23.6 Å². The van der Waals surface area contributed by atoms with Crippen LogP contribution in [-0.4, -0.2) is 83.9 Å². The number of carboxylic acid groups (broad SMARTS) is 1. The van der Waals surface area contributed by atoms with Gasteiger partial charge in [0.05, 0.1) is 34.9 Å². The van der Waals surface area contributed by atoms with Crippen LogP contribution in [0.2, 0.25) is 10.0 Å². The Bertz CT molecular complexity index is 1570. The van der Waals surface area contributed by atoms with E-state index in [9.17, 15) is 19.5 Å². The fourth-order valence-corrected chi connectivity index (χ4v) is 7.41. The zero-order valence-electron chi connectivity index (χ0n) is 25.6. The molecule has 2 N–H and O–H groups in total. The van der Waals surface area contributed by atoms with E-state index in [1.165, 1.54) is 6.26 Å². The standard InChI is InChI=1S/C34H39Cl2N3O7/c35-27-20-29(37-32(41)26-21-45-30-7-2-1-6-25(26)30)28(36)18-23(27)19-31(40)34(38-12-3-4-13-38,39-14-5-16-44-17-15-39)46-24-10-8-22(9-11-24)33(42)43/h1-2,6-7,18,20-22,24H,3-5,8-17,19H2,(H,37,41)(H,42,43). The molecular formula is C34H39Cl2N3O7. The molecule has 1 saturated carbocycles. The number of hydrogen-bond acceptors (Lipinski definition) is 8. The van der Waals surface area contributed by atoms with Gasteiger partial charge in [0, 0.05) is 49.6 Å². The summed E-state index contributed by atoms with van der Waals surface area (Å²) in [6.07, 6.45) is 5.90. The molecule has 10 nitrogen and oxygen atoms in total. The predicted octanol–water partition coefficient (Wildman–Crippen LogP) is 6.24. The maximum atomic E-state index is 14.8. The summed E-state index contributed by atoms with van der Waals surface area (Å²) in [6.45, 7) is 3.63. The van der Waals surface area contributed by atoms with Gasteiger partial charge in [-0.1, -0.05) is 41.4 Å². The number of fused-ring (bicyclic) bond motifs is 1. The minimum absolute atomic E-state index is 0.0442. The zero-order chi connectivity index (χ0) is 32.3. The number of carboxylic acids is 1. The molecule has 2 aromatic carbocycles. The Kier molecular flexibility index (Phi) is 10.3. The maximum Gasteiger partial charge on any atom is 0.306 e. The van der Waals surface area contributed by atoms with E-state index in [0.717, 1.165) is 19.3 Å². The van der Waals surface area contributed by atoms with Crippen LogP contribution in [0.15, 0.2) is 47.1 Å². The molecule has 2 saturated heterocycles. The number of halogens is 2. The summed E-state index contributed by atoms with van der Waals surface area (Å²) in [5.74, 6) is -3.08. The summed E-state index contributed by atoms with van der Waals surface area (Å²) < 4.78 is 18.2. The highest BCUT2D eigenvalue weighted by Gasteiger charge is 2.52. The third-order valence-corrected chi connectivity index (χ3v) is 10.0. The van der Waals surface area contributed by atoms with E-state index in [-0.39, 0.29) is 23.3 Å². The number of benzene rings is 2. The summed E-state index contributed by atoms with van der Waals surface area (Å²) in [6, 6.07) is 10.4. The number of nitrogens with zero attached hydrogens (tertiary/aromatic N) is 2. The number of furan rings is 1. The smallest absolute Gasteiger partial charge is 0.306 e. The molecule has 6 rings (SSSR count). The van der Waals surface area contributed by atoms with Crippen molar-refractivity contribution in [1.82, 2.24) is 9.80 Å². The second-order valence-electron chi connectivity index (χ2n) is 12.3. The molecule has 1 unspecified atom stereocenters. The minimum atomic E-state index is -1.35. The average Bonchev–Trinajstić information content (AvgIpc) is 3.67. The van der Waals surface area contributed by atoms with Crippen molar-refractivity contribution in [2.75, 3.05) is 44.7 Å². The summed E-state index contributed by atoms with van der Waals surface area (Å²) in [4.78, 5) is 43.8. The van der Waals surface area contributed by atoms with Crippen LogP contribution >= 0.6 is 23.2 Å². The fourth-order valence-electron chi connectivity index (χ4n) is 6.95. The number of hydrogen-bond donors (Lipinski definition) is 2. The maximum absolute atomic E-state index is 14.8. The van der Waals surface area contributed by atoms with Crippen LogP contribution in [0.4, 0.5) is 5.69 Å². The normalized spacial score (nSPS) is 22.7. The van der Waals surface area contributed by atoms with Gasteiger partial charge in [0.1, 0.15) is 11.8 Å². The Balaban J connectivity index is 1.27. The first-order chi connectivity index (χ1) is 22.3. The summed E-state index contributed by atoms with van der Waals surface area (Å²) in [5, 5.41) is 13.6. The molecule has 1 aliphatic carbocycles. The number of aliphatic carboxylic acids is 1. The van der Waals surface area contributed by atoms with E-state index in [1.54, 1.807) is 24.3 Å². The lowest BCUT2D eigenvalue weighted by Crippen LogP contribution is -2.68. The van der Waals surface area contributed by atoms with E-state index in [4.69, 9.17) is 37.1 Å². The Morgan fingerprint density at radius 3 is 2.41 bits per heavy atom. The molecule has 3 aliphatic rings. The molecule has 12 heteroatoms. The Morgan fingerprint density at radius 1 is 0.935 bits per heavy atom. The van der Waals surface area contributed by atoms with Gasteiger partial charge in [-0.25, -0.2) is 0 Å². The number of ether oxygens (including phenoxy) is 2. The number of rotatable bonds is 10. The number of carbonyl (C=O) groups excluding carboxylic acids is 2. The molecule has 3 aromatic rings. The number of anilines is 1. The third-order valence-electron chi connectivity index (χ3n) is 9.36. The molecule has 1 amide bonds. The molecule has 2 aliphatic heterocycles. The Labute approximate surface area is 277 Å². The number of Topliss-reactive ketones (excluding diaryl/α,β-unsaturated/α-hetero) is 1. The quantitative estimate of drug-likeness (QED) is 0.258. The van der Waals surface area contributed by atoms with Crippen molar-refractivity contribution in [3.05, 3.63) is 63.8 Å². The topological polar surface area (TPSA) is 122 Å². The van der Waals surface area contributed by atoms with E-state index in [0.29, 0.717) is 97.9 Å². The van der Waals surface area contributed by atoms with Crippen LogP contribution in [-0.2, 0) is 25.5 Å². The number of likely N-dealkylation sites (tertiary alicyclic amines) is 1. The third kappa shape index (κ3) is 6.83. The second-order valence-corrected chi connectivity index (χ2v) is 13.1. The van der Waals surface area contributed by atoms with Crippen molar-refractivity contribution in [2.24, 2.45) is 5.92 Å². The number of para-hydroxylation sites is 1. The molecule has 0 spiro atoms. The van der Waals surface area contributed by atoms with Crippen molar-refractivity contribution in [2.45, 2.75) is 63.3 Å². The van der Waals surface area contributed by atoms with Gasteiger partial charge in [-0.05, 0) is 68.7 Å². The van der Waals surface area contributed by atoms with E-state index in [2.05, 4.69) is 15.1 Å². The lowest BCUT2D eigenvalue weighted by atomic mass is 9.87. The van der Waals surface area contributed by atoms with Crippen molar-refractivity contribution in [1.29, 1.82) is 0 Å². The van der Waals surface area contributed by atoms with Gasteiger partial charge in [-0.2, -0.15) is 0 Å². The van der Waals surface area contributed by atoms with Gasteiger partial charge >= 0.3 is 5.97 Å². The minimum Gasteiger partial charge on any atom is -0.481 e. The molecule has 246 valence electrons. The number of amides is 1. The lowest BCUT2D eigenvalue weighted by Gasteiger charge is -2.49. The number of nitrogens with one attached hydrogen (secondary N) is 1. The predicted molar refractivity (Wildman–Crippen MR) is 174 cm³/mol. The highest BCUT2D eigenvalue weighted by molar-refractivity contribution is 6.36. The number of carbonyl (C=O) groups is 3. The summed E-state index contributed by atoms with van der Waals surface area (Å²) in [7, 11) is 0. The first-order valence-corrected chi connectivity index (χ1v) is 16.8. The molecule has 0 radical (unpaired) electrons. The fraction of sp³-hybridized carbons (Fsp3) is 0.500. The molecule has 3 fully saturated rings. The van der Waals surface area contributed by atoms with Crippen LogP contribution in [0, 0.1) is 5.92 Å². The van der Waals surface area contributed by atoms with Crippen molar-refractivity contribution < 1.29 is 33.4 Å². The van der Waals surface area contributed by atoms with E-state index >= 15 is 0 Å². The van der Waals surface area contributed by atoms with Gasteiger partial charge < -0.3 is 24.3 Å². The highest BCUT2D eigenvalue weighted by Crippen LogP contribution is 2.38. The van der Waals surface area contributed by atoms with Crippen molar-refractivity contribution >= 4 is 57.5 Å². The SMILES string of the molecule is O=C(Nc1cc(Cl)c(CC(=O)C(OC2CCC(C(=O)O)CC2)(N2CCCC2)N2CCCOCC2)cc1Cl)c1coc2ccccc12. The van der Waals surface area contributed by atoms with Crippen LogP contribution < -0.4 is 5.32 Å². The molecular weight excluding hydrogens is 633 g/mol. The van der Waals surface area contributed by atoms with Crippen LogP contribution in [0.3, 0.4) is 0 Å². The highest BCUT2D eigenvalue weighted by atomic mass is 35.5. The van der Waals surface area contributed by atoms with Gasteiger partial charge in [0.15, 0.2) is 5.78 Å². The molecule has 46 heavy (non-hydrogen) atoms. The van der Waals surface area contributed by atoms with E-state index in [1.807, 2.05) is 12.1 Å². The first kappa shape index (κ1) is 32.9. The Morgan fingerprint density at radius 2 is 1.65 bits per heavy atom. The summed E-state index contributed by atoms with van der Waals surface area (Å²) in [5.41, 5.74) is 1.81. The monoisotopic (exact) mass is 671 g/mol. The second kappa shape index (κ2) is 14.4. The Hall–Kier alpha value is -2.99. The summed E-state index contributed by atoms with van der Waals surface area (Å²) >= 11 is 13.5. The van der Waals surface area contributed by atoms with Crippen molar-refractivity contribution in [3.8, 4) is 0 Å².